The highest BCUT2D eigenvalue weighted by Crippen LogP contribution is 2.20. The van der Waals surface area contributed by atoms with Crippen LogP contribution < -0.4 is 5.32 Å². The van der Waals surface area contributed by atoms with Crippen molar-refractivity contribution in [1.82, 2.24) is 5.32 Å². The van der Waals surface area contributed by atoms with Crippen LogP contribution in [0, 0.1) is 5.41 Å². The molecule has 0 spiro atoms. The molecule has 0 aliphatic heterocycles. The maximum absolute atomic E-state index is 12.2. The fourth-order valence-electron chi connectivity index (χ4n) is 1.91. The van der Waals surface area contributed by atoms with E-state index in [0.717, 1.165) is 12.0 Å². The standard InChI is InChI=1S/C15H21NO3/c1-5-10-8-6-7-9-11(10)13(17)16-12(14(18)19)15(2,3)4/h6-9,12H,5H2,1-4H3,(H,16,17)(H,18,19)/t12-/m1/s1. The summed E-state index contributed by atoms with van der Waals surface area (Å²) in [6.07, 6.45) is 0.733. The number of aryl methyl sites for hydroxylation is 1. The number of carbonyl (C=O) groups excluding carboxylic acids is 1. The van der Waals surface area contributed by atoms with Crippen LogP contribution in [0.4, 0.5) is 0 Å². The maximum Gasteiger partial charge on any atom is 0.326 e. The predicted octanol–water partition coefficient (Wildman–Crippen LogP) is 2.48. The molecule has 0 saturated carbocycles. The van der Waals surface area contributed by atoms with Crippen molar-refractivity contribution in [3.8, 4) is 0 Å². The van der Waals surface area contributed by atoms with E-state index >= 15 is 0 Å². The van der Waals surface area contributed by atoms with E-state index in [1.807, 2.05) is 19.1 Å². The highest BCUT2D eigenvalue weighted by atomic mass is 16.4. The normalized spacial score (nSPS) is 12.8. The van der Waals surface area contributed by atoms with E-state index in [0.29, 0.717) is 5.56 Å². The number of aliphatic carboxylic acids is 1. The molecule has 0 aromatic heterocycles. The van der Waals surface area contributed by atoms with Crippen molar-refractivity contribution in [2.24, 2.45) is 5.41 Å². The molecular weight excluding hydrogens is 242 g/mol. The molecule has 0 radical (unpaired) electrons. The zero-order valence-electron chi connectivity index (χ0n) is 11.9. The van der Waals surface area contributed by atoms with Gasteiger partial charge in [-0.3, -0.25) is 4.79 Å². The van der Waals surface area contributed by atoms with Crippen LogP contribution in [-0.2, 0) is 11.2 Å². The minimum Gasteiger partial charge on any atom is -0.480 e. The van der Waals surface area contributed by atoms with E-state index < -0.39 is 17.4 Å². The SMILES string of the molecule is CCc1ccccc1C(=O)N[C@H](C(=O)O)C(C)(C)C. The molecule has 0 bridgehead atoms. The van der Waals surface area contributed by atoms with Crippen LogP contribution in [-0.4, -0.2) is 23.0 Å². The first kappa shape index (κ1) is 15.2. The Morgan fingerprint density at radius 3 is 2.32 bits per heavy atom. The highest BCUT2D eigenvalue weighted by molar-refractivity contribution is 5.98. The van der Waals surface area contributed by atoms with Gasteiger partial charge in [-0.15, -0.1) is 0 Å². The number of hydrogen-bond donors (Lipinski definition) is 2. The average molecular weight is 263 g/mol. The third-order valence-corrected chi connectivity index (χ3v) is 3.03. The molecule has 0 saturated heterocycles. The summed E-state index contributed by atoms with van der Waals surface area (Å²) >= 11 is 0. The molecule has 4 nitrogen and oxygen atoms in total. The van der Waals surface area contributed by atoms with Crippen molar-refractivity contribution < 1.29 is 14.7 Å². The molecule has 0 fully saturated rings. The molecule has 1 atom stereocenters. The van der Waals surface area contributed by atoms with E-state index in [9.17, 15) is 14.7 Å². The first-order chi connectivity index (χ1) is 8.77. The van der Waals surface area contributed by atoms with Gasteiger partial charge >= 0.3 is 5.97 Å². The van der Waals surface area contributed by atoms with Crippen molar-refractivity contribution in [3.05, 3.63) is 35.4 Å². The van der Waals surface area contributed by atoms with E-state index in [-0.39, 0.29) is 5.91 Å². The Balaban J connectivity index is 2.98. The lowest BCUT2D eigenvalue weighted by Gasteiger charge is -2.28. The number of carboxylic acid groups (broad SMARTS) is 1. The topological polar surface area (TPSA) is 66.4 Å². The smallest absolute Gasteiger partial charge is 0.326 e. The van der Waals surface area contributed by atoms with Gasteiger partial charge in [-0.25, -0.2) is 4.79 Å². The molecular formula is C15H21NO3. The molecule has 1 rings (SSSR count). The van der Waals surface area contributed by atoms with E-state index in [1.54, 1.807) is 32.9 Å². The number of rotatable bonds is 4. The second kappa shape index (κ2) is 5.87. The molecule has 0 aliphatic carbocycles. The Labute approximate surface area is 113 Å². The summed E-state index contributed by atoms with van der Waals surface area (Å²) in [5, 5.41) is 11.8. The fraction of sp³-hybridized carbons (Fsp3) is 0.467. The number of carbonyl (C=O) groups is 2. The monoisotopic (exact) mass is 263 g/mol. The van der Waals surface area contributed by atoms with Gasteiger partial charge in [0.1, 0.15) is 6.04 Å². The minimum absolute atomic E-state index is 0.334. The van der Waals surface area contributed by atoms with Crippen molar-refractivity contribution in [1.29, 1.82) is 0 Å². The number of benzene rings is 1. The molecule has 104 valence electrons. The number of nitrogens with one attached hydrogen (secondary N) is 1. The molecule has 0 aliphatic rings. The lowest BCUT2D eigenvalue weighted by atomic mass is 9.86. The summed E-state index contributed by atoms with van der Waals surface area (Å²) in [6.45, 7) is 7.33. The van der Waals surface area contributed by atoms with Gasteiger partial charge in [-0.05, 0) is 23.5 Å². The van der Waals surface area contributed by atoms with E-state index in [4.69, 9.17) is 0 Å². The molecule has 1 amide bonds. The Hall–Kier alpha value is -1.84. The highest BCUT2D eigenvalue weighted by Gasteiger charge is 2.33. The first-order valence-corrected chi connectivity index (χ1v) is 6.39. The maximum atomic E-state index is 12.2. The number of hydrogen-bond acceptors (Lipinski definition) is 2. The van der Waals surface area contributed by atoms with E-state index in [2.05, 4.69) is 5.32 Å². The summed E-state index contributed by atoms with van der Waals surface area (Å²) in [5.74, 6) is -1.35. The van der Waals surface area contributed by atoms with Gasteiger partial charge in [0.25, 0.3) is 5.91 Å². The average Bonchev–Trinajstić information content (AvgIpc) is 2.33. The zero-order valence-corrected chi connectivity index (χ0v) is 11.9. The molecule has 4 heteroatoms. The van der Waals surface area contributed by atoms with Gasteiger partial charge in [0.15, 0.2) is 0 Å². The quantitative estimate of drug-likeness (QED) is 0.877. The zero-order chi connectivity index (χ0) is 14.6. The number of amides is 1. The van der Waals surface area contributed by atoms with Crippen molar-refractivity contribution in [3.63, 3.8) is 0 Å². The summed E-state index contributed by atoms with van der Waals surface area (Å²) in [7, 11) is 0. The summed E-state index contributed by atoms with van der Waals surface area (Å²) in [4.78, 5) is 23.5. The van der Waals surface area contributed by atoms with Gasteiger partial charge < -0.3 is 10.4 Å². The predicted molar refractivity (Wildman–Crippen MR) is 74.2 cm³/mol. The molecule has 1 aromatic carbocycles. The second-order valence-electron chi connectivity index (χ2n) is 5.62. The lowest BCUT2D eigenvalue weighted by Crippen LogP contribution is -2.49. The third-order valence-electron chi connectivity index (χ3n) is 3.03. The van der Waals surface area contributed by atoms with Crippen LogP contribution >= 0.6 is 0 Å². The second-order valence-corrected chi connectivity index (χ2v) is 5.62. The molecule has 0 unspecified atom stereocenters. The van der Waals surface area contributed by atoms with Crippen LogP contribution in [0.15, 0.2) is 24.3 Å². The van der Waals surface area contributed by atoms with Crippen LogP contribution in [0.1, 0.15) is 43.6 Å². The molecule has 19 heavy (non-hydrogen) atoms. The van der Waals surface area contributed by atoms with Crippen molar-refractivity contribution in [2.75, 3.05) is 0 Å². The van der Waals surface area contributed by atoms with Crippen LogP contribution in [0.2, 0.25) is 0 Å². The largest absolute Gasteiger partial charge is 0.480 e. The number of carboxylic acids is 1. The van der Waals surface area contributed by atoms with Gasteiger partial charge in [0.05, 0.1) is 0 Å². The summed E-state index contributed by atoms with van der Waals surface area (Å²) < 4.78 is 0. The third kappa shape index (κ3) is 3.81. The first-order valence-electron chi connectivity index (χ1n) is 6.39. The van der Waals surface area contributed by atoms with Gasteiger partial charge in [0.2, 0.25) is 0 Å². The van der Waals surface area contributed by atoms with Gasteiger partial charge in [-0.1, -0.05) is 45.9 Å². The van der Waals surface area contributed by atoms with Crippen molar-refractivity contribution >= 4 is 11.9 Å². The Morgan fingerprint density at radius 2 is 1.84 bits per heavy atom. The van der Waals surface area contributed by atoms with Crippen LogP contribution in [0.25, 0.3) is 0 Å². The Morgan fingerprint density at radius 1 is 1.26 bits per heavy atom. The van der Waals surface area contributed by atoms with Crippen LogP contribution in [0.5, 0.6) is 0 Å². The van der Waals surface area contributed by atoms with Crippen molar-refractivity contribution in [2.45, 2.75) is 40.2 Å². The molecule has 1 aromatic rings. The summed E-state index contributed by atoms with van der Waals surface area (Å²) in [5.41, 5.74) is 0.918. The molecule has 0 heterocycles. The fourth-order valence-corrected chi connectivity index (χ4v) is 1.91. The lowest BCUT2D eigenvalue weighted by molar-refractivity contribution is -0.142. The summed E-state index contributed by atoms with van der Waals surface area (Å²) in [6, 6.07) is 6.33. The Bertz CT molecular complexity index is 475. The van der Waals surface area contributed by atoms with Gasteiger partial charge in [-0.2, -0.15) is 0 Å². The Kier molecular flexibility index (Phi) is 4.70. The van der Waals surface area contributed by atoms with E-state index in [1.165, 1.54) is 0 Å². The molecule has 2 N–H and O–H groups in total. The van der Waals surface area contributed by atoms with Gasteiger partial charge in [0, 0.05) is 5.56 Å². The minimum atomic E-state index is -1.02. The van der Waals surface area contributed by atoms with Crippen LogP contribution in [0.3, 0.4) is 0 Å².